The monoisotopic (exact) mass is 285 g/mol. The van der Waals surface area contributed by atoms with Gasteiger partial charge in [0.05, 0.1) is 15.5 Å². The highest BCUT2D eigenvalue weighted by Gasteiger charge is 2.21. The molecule has 8 heteroatoms. The average molecular weight is 286 g/mol. The lowest BCUT2D eigenvalue weighted by atomic mass is 10.3. The Morgan fingerprint density at radius 2 is 2.07 bits per heavy atom. The number of rotatable bonds is 3. The fourth-order valence-electron chi connectivity index (χ4n) is 0.851. The topological polar surface area (TPSA) is 52.4 Å². The van der Waals surface area contributed by atoms with Gasteiger partial charge in [-0.15, -0.1) is 0 Å². The number of hydrogen-bond donors (Lipinski definition) is 0. The summed E-state index contributed by atoms with van der Waals surface area (Å²) in [6.45, 7) is -3.21. The van der Waals surface area contributed by atoms with E-state index < -0.39 is 28.8 Å². The molecule has 0 unspecified atom stereocenters. The van der Waals surface area contributed by atoms with Gasteiger partial charge < -0.3 is 4.74 Å². The molecular formula is C7H3BrF3NO3. The summed E-state index contributed by atoms with van der Waals surface area (Å²) < 4.78 is 40.2. The third-order valence-corrected chi connectivity index (χ3v) is 2.02. The number of benzene rings is 1. The third-order valence-electron chi connectivity index (χ3n) is 1.41. The lowest BCUT2D eigenvalue weighted by Gasteiger charge is -2.05. The van der Waals surface area contributed by atoms with Crippen LogP contribution >= 0.6 is 15.9 Å². The second kappa shape index (κ2) is 4.47. The molecule has 82 valence electrons. The van der Waals surface area contributed by atoms with Gasteiger partial charge in [0.1, 0.15) is 5.82 Å². The molecule has 4 nitrogen and oxygen atoms in total. The molecule has 0 amide bonds. The first kappa shape index (κ1) is 11.8. The fourth-order valence-corrected chi connectivity index (χ4v) is 1.17. The molecule has 0 saturated heterocycles. The molecule has 0 N–H and O–H groups in total. The second-order valence-electron chi connectivity index (χ2n) is 2.37. The maximum atomic E-state index is 12.9. The van der Waals surface area contributed by atoms with Gasteiger partial charge in [-0.05, 0) is 15.9 Å². The highest BCUT2D eigenvalue weighted by atomic mass is 79.9. The first-order chi connectivity index (χ1) is 6.91. The molecule has 0 fully saturated rings. The van der Waals surface area contributed by atoms with E-state index >= 15 is 0 Å². The Morgan fingerprint density at radius 1 is 1.47 bits per heavy atom. The maximum absolute atomic E-state index is 12.9. The van der Waals surface area contributed by atoms with Gasteiger partial charge in [0.15, 0.2) is 0 Å². The molecule has 0 atom stereocenters. The molecule has 0 spiro atoms. The zero-order chi connectivity index (χ0) is 11.6. The largest absolute Gasteiger partial charge is 0.427 e. The van der Waals surface area contributed by atoms with Crippen LogP contribution in [0.15, 0.2) is 16.6 Å². The van der Waals surface area contributed by atoms with Crippen LogP contribution in [0, 0.1) is 15.9 Å². The zero-order valence-electron chi connectivity index (χ0n) is 6.92. The van der Waals surface area contributed by atoms with Crippen LogP contribution in [-0.2, 0) is 0 Å². The number of ether oxygens (including phenoxy) is 1. The van der Waals surface area contributed by atoms with Crippen LogP contribution < -0.4 is 4.74 Å². The number of hydrogen-bond acceptors (Lipinski definition) is 3. The summed E-state index contributed by atoms with van der Waals surface area (Å²) in [5.41, 5.74) is -0.851. The van der Waals surface area contributed by atoms with E-state index in [1.165, 1.54) is 0 Å². The van der Waals surface area contributed by atoms with E-state index in [2.05, 4.69) is 20.7 Å². The van der Waals surface area contributed by atoms with E-state index in [0.29, 0.717) is 6.07 Å². The number of alkyl halides is 2. The van der Waals surface area contributed by atoms with Crippen molar-refractivity contribution in [1.29, 1.82) is 0 Å². The van der Waals surface area contributed by atoms with Crippen molar-refractivity contribution in [1.82, 2.24) is 0 Å². The predicted molar refractivity (Wildman–Crippen MR) is 47.4 cm³/mol. The lowest BCUT2D eigenvalue weighted by molar-refractivity contribution is -0.386. The van der Waals surface area contributed by atoms with Crippen LogP contribution in [-0.4, -0.2) is 11.5 Å². The Kier molecular flexibility index (Phi) is 3.51. The Morgan fingerprint density at radius 3 is 2.53 bits per heavy atom. The van der Waals surface area contributed by atoms with E-state index in [-0.39, 0.29) is 4.47 Å². The molecule has 0 aliphatic rings. The quantitative estimate of drug-likeness (QED) is 0.633. The molecule has 0 aromatic heterocycles. The van der Waals surface area contributed by atoms with Gasteiger partial charge in [-0.1, -0.05) is 0 Å². The average Bonchev–Trinajstić information content (AvgIpc) is 2.09. The highest BCUT2D eigenvalue weighted by molar-refractivity contribution is 9.10. The van der Waals surface area contributed by atoms with Crippen molar-refractivity contribution in [2.75, 3.05) is 0 Å². The standard InChI is InChI=1S/C7H3BrF3NO3/c8-3-1-6(15-7(10)11)5(12(13)14)2-4(3)9/h1-2,7H. The van der Waals surface area contributed by atoms with Crippen molar-refractivity contribution in [2.24, 2.45) is 0 Å². The molecule has 1 rings (SSSR count). The smallest absolute Gasteiger partial charge is 0.387 e. The van der Waals surface area contributed by atoms with Crippen molar-refractivity contribution < 1.29 is 22.8 Å². The van der Waals surface area contributed by atoms with E-state index in [1.54, 1.807) is 0 Å². The van der Waals surface area contributed by atoms with Crippen molar-refractivity contribution in [3.8, 4) is 5.75 Å². The first-order valence-electron chi connectivity index (χ1n) is 3.50. The van der Waals surface area contributed by atoms with Gasteiger partial charge in [0, 0.05) is 6.07 Å². The van der Waals surface area contributed by atoms with Crippen molar-refractivity contribution in [3.63, 3.8) is 0 Å². The van der Waals surface area contributed by atoms with Crippen molar-refractivity contribution in [3.05, 3.63) is 32.5 Å². The molecular weight excluding hydrogens is 283 g/mol. The minimum atomic E-state index is -3.21. The highest BCUT2D eigenvalue weighted by Crippen LogP contribution is 2.33. The molecule has 0 aliphatic heterocycles. The van der Waals surface area contributed by atoms with Crippen LogP contribution in [0.3, 0.4) is 0 Å². The van der Waals surface area contributed by atoms with Crippen molar-refractivity contribution in [2.45, 2.75) is 6.61 Å². The van der Waals surface area contributed by atoms with Crippen LogP contribution in [0.25, 0.3) is 0 Å². The summed E-state index contributed by atoms with van der Waals surface area (Å²) >= 11 is 2.70. The molecule has 0 radical (unpaired) electrons. The predicted octanol–water partition coefficient (Wildman–Crippen LogP) is 3.10. The molecule has 1 aromatic rings. The molecule has 15 heavy (non-hydrogen) atoms. The summed E-state index contributed by atoms with van der Waals surface area (Å²) in [5, 5.41) is 10.4. The third kappa shape index (κ3) is 2.82. The molecule has 0 aliphatic carbocycles. The van der Waals surface area contributed by atoms with Gasteiger partial charge in [-0.25, -0.2) is 4.39 Å². The molecule has 1 aromatic carbocycles. The number of nitro benzene ring substituents is 1. The fraction of sp³-hybridized carbons (Fsp3) is 0.143. The van der Waals surface area contributed by atoms with Crippen LogP contribution in [0.4, 0.5) is 18.9 Å². The molecule has 0 saturated carbocycles. The maximum Gasteiger partial charge on any atom is 0.387 e. The van der Waals surface area contributed by atoms with E-state index in [4.69, 9.17) is 0 Å². The minimum absolute atomic E-state index is 0.191. The number of nitrogens with zero attached hydrogens (tertiary/aromatic N) is 1. The van der Waals surface area contributed by atoms with Gasteiger partial charge in [-0.2, -0.15) is 8.78 Å². The summed E-state index contributed by atoms with van der Waals surface area (Å²) in [7, 11) is 0. The summed E-state index contributed by atoms with van der Waals surface area (Å²) in [6, 6.07) is 1.28. The zero-order valence-corrected chi connectivity index (χ0v) is 8.50. The van der Waals surface area contributed by atoms with E-state index in [9.17, 15) is 23.3 Å². The van der Waals surface area contributed by atoms with Crippen LogP contribution in [0.2, 0.25) is 0 Å². The van der Waals surface area contributed by atoms with E-state index in [1.807, 2.05) is 0 Å². The number of nitro groups is 1. The molecule has 0 bridgehead atoms. The summed E-state index contributed by atoms with van der Waals surface area (Å²) in [5.74, 6) is -1.62. The Labute approximate surface area is 89.9 Å². The summed E-state index contributed by atoms with van der Waals surface area (Å²) in [4.78, 5) is 9.36. The van der Waals surface area contributed by atoms with E-state index in [0.717, 1.165) is 6.07 Å². The van der Waals surface area contributed by atoms with Crippen LogP contribution in [0.1, 0.15) is 0 Å². The van der Waals surface area contributed by atoms with Crippen molar-refractivity contribution >= 4 is 21.6 Å². The van der Waals surface area contributed by atoms with Gasteiger partial charge >= 0.3 is 12.3 Å². The lowest BCUT2D eigenvalue weighted by Crippen LogP contribution is -2.05. The normalized spacial score (nSPS) is 10.5. The minimum Gasteiger partial charge on any atom is -0.427 e. The Bertz CT molecular complexity index is 399. The van der Waals surface area contributed by atoms with Gasteiger partial charge in [0.25, 0.3) is 0 Å². The SMILES string of the molecule is O=[N+]([O-])c1cc(F)c(Br)cc1OC(F)F. The summed E-state index contributed by atoms with van der Waals surface area (Å²) in [6.07, 6.45) is 0. The molecule has 0 heterocycles. The Hall–Kier alpha value is -1.31. The second-order valence-corrected chi connectivity index (χ2v) is 3.22. The van der Waals surface area contributed by atoms with Gasteiger partial charge in [0.2, 0.25) is 5.75 Å². The number of halogens is 4. The van der Waals surface area contributed by atoms with Crippen LogP contribution in [0.5, 0.6) is 5.75 Å². The Balaban J connectivity index is 3.22. The van der Waals surface area contributed by atoms with Gasteiger partial charge in [-0.3, -0.25) is 10.1 Å². The first-order valence-corrected chi connectivity index (χ1v) is 4.29.